The fourth-order valence-corrected chi connectivity index (χ4v) is 5.86. The van der Waals surface area contributed by atoms with E-state index in [4.69, 9.17) is 0 Å². The molecule has 1 nitrogen and oxygen atoms in total. The number of nitrogens with zero attached hydrogens (tertiary/aromatic N) is 1. The summed E-state index contributed by atoms with van der Waals surface area (Å²) in [5.74, 6) is 0. The third kappa shape index (κ3) is 2.84. The van der Waals surface area contributed by atoms with Crippen LogP contribution in [0.4, 0.5) is 0 Å². The van der Waals surface area contributed by atoms with Crippen molar-refractivity contribution in [2.45, 2.75) is 6.42 Å². The minimum absolute atomic E-state index is 0.996. The number of hydrogen-bond donors (Lipinski definition) is 0. The molecule has 0 radical (unpaired) electrons. The lowest BCUT2D eigenvalue weighted by molar-refractivity contribution is 1.18. The molecule has 1 aromatic heterocycles. The Balaban J connectivity index is 1.44. The van der Waals surface area contributed by atoms with Crippen molar-refractivity contribution < 1.29 is 0 Å². The molecule has 0 atom stereocenters. The van der Waals surface area contributed by atoms with Crippen molar-refractivity contribution in [1.82, 2.24) is 4.57 Å². The molecular formula is C31H20BrN. The van der Waals surface area contributed by atoms with E-state index in [0.29, 0.717) is 0 Å². The SMILES string of the molecule is Brc1cccc2c1Cc1ccc(-c3ccc4c(c3)c3ccccc3n4-c3ccccc3)cc1-2. The average Bonchev–Trinajstić information content (AvgIpc) is 3.40. The van der Waals surface area contributed by atoms with Crippen LogP contribution in [0.25, 0.3) is 49.7 Å². The Kier molecular flexibility index (Phi) is 4.12. The Morgan fingerprint density at radius 3 is 2.24 bits per heavy atom. The summed E-state index contributed by atoms with van der Waals surface area (Å²) < 4.78 is 3.57. The zero-order valence-electron chi connectivity index (χ0n) is 17.9. The van der Waals surface area contributed by atoms with Crippen LogP contribution < -0.4 is 0 Å². The maximum absolute atomic E-state index is 3.74. The zero-order valence-corrected chi connectivity index (χ0v) is 19.5. The van der Waals surface area contributed by atoms with Crippen molar-refractivity contribution >= 4 is 37.7 Å². The summed E-state index contributed by atoms with van der Waals surface area (Å²) in [5, 5.41) is 2.57. The van der Waals surface area contributed by atoms with Gasteiger partial charge in [-0.3, -0.25) is 0 Å². The number of aromatic nitrogens is 1. The van der Waals surface area contributed by atoms with E-state index >= 15 is 0 Å². The number of benzene rings is 5. The van der Waals surface area contributed by atoms with Gasteiger partial charge in [0, 0.05) is 20.9 Å². The molecule has 5 aromatic carbocycles. The third-order valence-corrected chi connectivity index (χ3v) is 7.65. The molecule has 7 rings (SSSR count). The summed E-state index contributed by atoms with van der Waals surface area (Å²) in [6.45, 7) is 0. The van der Waals surface area contributed by atoms with Crippen LogP contribution in [0.5, 0.6) is 0 Å². The summed E-state index contributed by atoms with van der Waals surface area (Å²) in [6, 6.07) is 39.7. The molecule has 156 valence electrons. The van der Waals surface area contributed by atoms with Crippen LogP contribution in [0, 0.1) is 0 Å². The van der Waals surface area contributed by atoms with Crippen LogP contribution >= 0.6 is 15.9 Å². The minimum atomic E-state index is 0.996. The van der Waals surface area contributed by atoms with Gasteiger partial charge in [-0.1, -0.05) is 82.7 Å². The van der Waals surface area contributed by atoms with E-state index in [2.05, 4.69) is 130 Å². The van der Waals surface area contributed by atoms with Gasteiger partial charge in [-0.15, -0.1) is 0 Å². The van der Waals surface area contributed by atoms with Gasteiger partial charge in [0.25, 0.3) is 0 Å². The zero-order chi connectivity index (χ0) is 21.9. The smallest absolute Gasteiger partial charge is 0.0541 e. The molecular weight excluding hydrogens is 466 g/mol. The van der Waals surface area contributed by atoms with Crippen LogP contribution in [0.1, 0.15) is 11.1 Å². The monoisotopic (exact) mass is 485 g/mol. The summed E-state index contributed by atoms with van der Waals surface area (Å²) in [5.41, 5.74) is 11.7. The maximum atomic E-state index is 3.74. The molecule has 2 heteroatoms. The Morgan fingerprint density at radius 2 is 1.33 bits per heavy atom. The van der Waals surface area contributed by atoms with Gasteiger partial charge in [0.2, 0.25) is 0 Å². The molecule has 0 amide bonds. The van der Waals surface area contributed by atoms with E-state index in [0.717, 1.165) is 6.42 Å². The van der Waals surface area contributed by atoms with Crippen LogP contribution in [0.15, 0.2) is 114 Å². The fraction of sp³-hybridized carbons (Fsp3) is 0.0323. The molecule has 0 spiro atoms. The van der Waals surface area contributed by atoms with Gasteiger partial charge in [-0.2, -0.15) is 0 Å². The third-order valence-electron chi connectivity index (χ3n) is 6.91. The van der Waals surface area contributed by atoms with Crippen molar-refractivity contribution in [2.24, 2.45) is 0 Å². The predicted octanol–water partition coefficient (Wildman–Crippen LogP) is 8.78. The molecule has 0 aliphatic heterocycles. The van der Waals surface area contributed by atoms with Gasteiger partial charge in [-0.05, 0) is 82.3 Å². The molecule has 0 N–H and O–H groups in total. The first-order chi connectivity index (χ1) is 16.3. The van der Waals surface area contributed by atoms with Crippen LogP contribution in [-0.2, 0) is 6.42 Å². The molecule has 1 heterocycles. The average molecular weight is 486 g/mol. The predicted molar refractivity (Wildman–Crippen MR) is 142 cm³/mol. The lowest BCUT2D eigenvalue weighted by Crippen LogP contribution is -1.92. The molecule has 0 bridgehead atoms. The molecule has 0 saturated carbocycles. The van der Waals surface area contributed by atoms with E-state index in [9.17, 15) is 0 Å². The van der Waals surface area contributed by atoms with Gasteiger partial charge in [0.1, 0.15) is 0 Å². The maximum Gasteiger partial charge on any atom is 0.0541 e. The molecule has 0 saturated heterocycles. The molecule has 1 aliphatic carbocycles. The normalized spacial score (nSPS) is 12.3. The van der Waals surface area contributed by atoms with Crippen molar-refractivity contribution in [3.63, 3.8) is 0 Å². The first kappa shape index (κ1) is 18.9. The Hall–Kier alpha value is -3.62. The van der Waals surface area contributed by atoms with Crippen molar-refractivity contribution in [1.29, 1.82) is 0 Å². The second-order valence-corrected chi connectivity index (χ2v) is 9.59. The van der Waals surface area contributed by atoms with Gasteiger partial charge < -0.3 is 4.57 Å². The van der Waals surface area contributed by atoms with Crippen molar-refractivity contribution in [2.75, 3.05) is 0 Å². The lowest BCUT2D eigenvalue weighted by Gasteiger charge is -2.09. The van der Waals surface area contributed by atoms with Gasteiger partial charge in [0.15, 0.2) is 0 Å². The van der Waals surface area contributed by atoms with Gasteiger partial charge >= 0.3 is 0 Å². The quantitative estimate of drug-likeness (QED) is 0.230. The largest absolute Gasteiger partial charge is 0.309 e. The van der Waals surface area contributed by atoms with E-state index in [-0.39, 0.29) is 0 Å². The highest BCUT2D eigenvalue weighted by Crippen LogP contribution is 2.42. The minimum Gasteiger partial charge on any atom is -0.309 e. The summed E-state index contributed by atoms with van der Waals surface area (Å²) in [7, 11) is 0. The summed E-state index contributed by atoms with van der Waals surface area (Å²) in [4.78, 5) is 0. The molecule has 0 unspecified atom stereocenters. The van der Waals surface area contributed by atoms with E-state index in [1.54, 1.807) is 0 Å². The van der Waals surface area contributed by atoms with Crippen LogP contribution in [0.3, 0.4) is 0 Å². The van der Waals surface area contributed by atoms with Crippen LogP contribution in [-0.4, -0.2) is 4.57 Å². The summed E-state index contributed by atoms with van der Waals surface area (Å²) in [6.07, 6.45) is 0.996. The summed E-state index contributed by atoms with van der Waals surface area (Å²) >= 11 is 3.74. The standard InChI is InChI=1S/C31H20BrN/c32-29-11-6-10-24-26-17-20(13-14-22(26)19-27(24)29)21-15-16-31-28(18-21)25-9-4-5-12-30(25)33(31)23-7-2-1-3-8-23/h1-18H,19H2. The van der Waals surface area contributed by atoms with E-state index in [1.165, 1.54) is 65.3 Å². The highest BCUT2D eigenvalue weighted by Gasteiger charge is 2.21. The highest BCUT2D eigenvalue weighted by atomic mass is 79.9. The lowest BCUT2D eigenvalue weighted by atomic mass is 9.97. The molecule has 0 fully saturated rings. The Bertz CT molecular complexity index is 1690. The van der Waals surface area contributed by atoms with Crippen LogP contribution in [0.2, 0.25) is 0 Å². The van der Waals surface area contributed by atoms with E-state index < -0.39 is 0 Å². The molecule has 33 heavy (non-hydrogen) atoms. The number of hydrogen-bond acceptors (Lipinski definition) is 0. The second-order valence-electron chi connectivity index (χ2n) is 8.73. The number of halogens is 1. The Labute approximate surface area is 201 Å². The fourth-order valence-electron chi connectivity index (χ4n) is 5.35. The molecule has 1 aliphatic rings. The second kappa shape index (κ2) is 7.19. The Morgan fingerprint density at radius 1 is 0.576 bits per heavy atom. The number of fused-ring (bicyclic) bond motifs is 6. The number of para-hydroxylation sites is 2. The van der Waals surface area contributed by atoms with Crippen molar-refractivity contribution in [3.05, 3.63) is 125 Å². The van der Waals surface area contributed by atoms with Gasteiger partial charge in [0.05, 0.1) is 11.0 Å². The number of rotatable bonds is 2. The molecule has 6 aromatic rings. The van der Waals surface area contributed by atoms with Gasteiger partial charge in [-0.25, -0.2) is 0 Å². The first-order valence-electron chi connectivity index (χ1n) is 11.3. The van der Waals surface area contributed by atoms with Crippen molar-refractivity contribution in [3.8, 4) is 27.9 Å². The highest BCUT2D eigenvalue weighted by molar-refractivity contribution is 9.10. The topological polar surface area (TPSA) is 4.93 Å². The first-order valence-corrected chi connectivity index (χ1v) is 12.1. The van der Waals surface area contributed by atoms with E-state index in [1.807, 2.05) is 0 Å².